The van der Waals surface area contributed by atoms with Crippen molar-refractivity contribution in [3.63, 3.8) is 0 Å². The predicted octanol–water partition coefficient (Wildman–Crippen LogP) is 2.78. The highest BCUT2D eigenvalue weighted by Crippen LogP contribution is 2.23. The zero-order chi connectivity index (χ0) is 14.8. The van der Waals surface area contributed by atoms with Gasteiger partial charge in [0.15, 0.2) is 5.76 Å². The third-order valence-electron chi connectivity index (χ3n) is 3.08. The fourth-order valence-electron chi connectivity index (χ4n) is 2.00. The Kier molecular flexibility index (Phi) is 3.53. The van der Waals surface area contributed by atoms with Gasteiger partial charge in [-0.15, -0.1) is 0 Å². The number of aliphatic hydroxyl groups is 1. The number of rotatable bonds is 4. The molecule has 5 nitrogen and oxygen atoms in total. The number of hydrogen-bond donors (Lipinski definition) is 1. The molecule has 108 valence electrons. The largest absolute Gasteiger partial charge is 0.439 e. The Morgan fingerprint density at radius 2 is 2.14 bits per heavy atom. The van der Waals surface area contributed by atoms with Crippen LogP contribution in [0.25, 0.3) is 11.3 Å². The number of oxazole rings is 1. The standard InChI is InChI=1S/C15H14FN3O2/c1-10(20)13-6-7-19(18-13)9-15-17-8-14(21-15)11-4-2-3-5-12(11)16/h2-8,10,20H,9H2,1H3/t10-/m1/s1. The molecule has 0 amide bonds. The third-order valence-corrected chi connectivity index (χ3v) is 3.08. The number of aromatic nitrogens is 3. The molecule has 0 bridgehead atoms. The van der Waals surface area contributed by atoms with Crippen molar-refractivity contribution in [1.29, 1.82) is 0 Å². The highest BCUT2D eigenvalue weighted by molar-refractivity contribution is 5.56. The van der Waals surface area contributed by atoms with Gasteiger partial charge in [-0.05, 0) is 25.1 Å². The lowest BCUT2D eigenvalue weighted by Crippen LogP contribution is -2.02. The quantitative estimate of drug-likeness (QED) is 0.801. The summed E-state index contributed by atoms with van der Waals surface area (Å²) >= 11 is 0. The number of hydrogen-bond acceptors (Lipinski definition) is 4. The van der Waals surface area contributed by atoms with E-state index in [2.05, 4.69) is 10.1 Å². The van der Waals surface area contributed by atoms with Gasteiger partial charge in [0.25, 0.3) is 0 Å². The lowest BCUT2D eigenvalue weighted by Gasteiger charge is -2.00. The van der Waals surface area contributed by atoms with Crippen LogP contribution in [0.15, 0.2) is 47.1 Å². The Hall–Kier alpha value is -2.47. The van der Waals surface area contributed by atoms with Gasteiger partial charge in [0, 0.05) is 6.20 Å². The van der Waals surface area contributed by atoms with Gasteiger partial charge in [-0.2, -0.15) is 5.10 Å². The van der Waals surface area contributed by atoms with Crippen molar-refractivity contribution in [3.05, 3.63) is 60.1 Å². The number of nitrogens with zero attached hydrogens (tertiary/aromatic N) is 3. The maximum absolute atomic E-state index is 13.7. The van der Waals surface area contributed by atoms with Gasteiger partial charge in [0.1, 0.15) is 12.4 Å². The normalized spacial score (nSPS) is 12.5. The fraction of sp³-hybridized carbons (Fsp3) is 0.200. The van der Waals surface area contributed by atoms with Gasteiger partial charge in [0.05, 0.1) is 23.6 Å². The summed E-state index contributed by atoms with van der Waals surface area (Å²) in [5.41, 5.74) is 0.956. The molecule has 0 saturated heterocycles. The molecule has 1 atom stereocenters. The van der Waals surface area contributed by atoms with Crippen molar-refractivity contribution < 1.29 is 13.9 Å². The first-order valence-electron chi connectivity index (χ1n) is 6.54. The molecule has 0 aliphatic rings. The summed E-state index contributed by atoms with van der Waals surface area (Å²) in [5, 5.41) is 13.6. The molecule has 1 N–H and O–H groups in total. The molecule has 3 aromatic rings. The van der Waals surface area contributed by atoms with Crippen LogP contribution in [0.4, 0.5) is 4.39 Å². The summed E-state index contributed by atoms with van der Waals surface area (Å²) in [4.78, 5) is 4.13. The molecule has 1 aromatic carbocycles. The van der Waals surface area contributed by atoms with Crippen molar-refractivity contribution in [2.45, 2.75) is 19.6 Å². The minimum absolute atomic E-state index is 0.321. The molecular formula is C15H14FN3O2. The van der Waals surface area contributed by atoms with Crippen molar-refractivity contribution in [1.82, 2.24) is 14.8 Å². The zero-order valence-corrected chi connectivity index (χ0v) is 11.4. The monoisotopic (exact) mass is 287 g/mol. The van der Waals surface area contributed by atoms with Gasteiger partial charge in [-0.3, -0.25) is 4.68 Å². The Morgan fingerprint density at radius 1 is 1.33 bits per heavy atom. The second-order valence-corrected chi connectivity index (χ2v) is 4.71. The van der Waals surface area contributed by atoms with E-state index >= 15 is 0 Å². The summed E-state index contributed by atoms with van der Waals surface area (Å²) < 4.78 is 20.8. The van der Waals surface area contributed by atoms with E-state index in [9.17, 15) is 9.50 Å². The minimum Gasteiger partial charge on any atom is -0.439 e. The third kappa shape index (κ3) is 2.85. The van der Waals surface area contributed by atoms with Crippen molar-refractivity contribution in [2.75, 3.05) is 0 Å². The van der Waals surface area contributed by atoms with Gasteiger partial charge in [-0.1, -0.05) is 12.1 Å². The van der Waals surface area contributed by atoms with E-state index in [-0.39, 0.29) is 5.82 Å². The number of halogens is 1. The van der Waals surface area contributed by atoms with Gasteiger partial charge in [-0.25, -0.2) is 9.37 Å². The van der Waals surface area contributed by atoms with Crippen molar-refractivity contribution >= 4 is 0 Å². The van der Waals surface area contributed by atoms with Crippen LogP contribution in [0, 0.1) is 5.82 Å². The average molecular weight is 287 g/mol. The Balaban J connectivity index is 1.80. The minimum atomic E-state index is -0.621. The Bertz CT molecular complexity index is 749. The summed E-state index contributed by atoms with van der Waals surface area (Å²) in [5.74, 6) is 0.454. The first-order chi connectivity index (χ1) is 10.1. The molecule has 21 heavy (non-hydrogen) atoms. The first kappa shape index (κ1) is 13.5. The van der Waals surface area contributed by atoms with Gasteiger partial charge >= 0.3 is 0 Å². The molecule has 6 heteroatoms. The summed E-state index contributed by atoms with van der Waals surface area (Å²) in [6.07, 6.45) is 2.60. The van der Waals surface area contributed by atoms with Crippen LogP contribution in [0.3, 0.4) is 0 Å². The summed E-state index contributed by atoms with van der Waals surface area (Å²) in [7, 11) is 0. The zero-order valence-electron chi connectivity index (χ0n) is 11.4. The molecule has 0 aliphatic heterocycles. The van der Waals surface area contributed by atoms with Crippen LogP contribution < -0.4 is 0 Å². The van der Waals surface area contributed by atoms with Crippen molar-refractivity contribution in [3.8, 4) is 11.3 Å². The van der Waals surface area contributed by atoms with Crippen LogP contribution >= 0.6 is 0 Å². The smallest absolute Gasteiger partial charge is 0.216 e. The Morgan fingerprint density at radius 3 is 2.86 bits per heavy atom. The van der Waals surface area contributed by atoms with E-state index in [0.717, 1.165) is 0 Å². The molecule has 0 radical (unpaired) electrons. The highest BCUT2D eigenvalue weighted by atomic mass is 19.1. The predicted molar refractivity (Wildman–Crippen MR) is 73.9 cm³/mol. The lowest BCUT2D eigenvalue weighted by atomic mass is 10.2. The first-order valence-corrected chi connectivity index (χ1v) is 6.54. The summed E-state index contributed by atoms with van der Waals surface area (Å²) in [6, 6.07) is 8.10. The van der Waals surface area contributed by atoms with E-state index in [4.69, 9.17) is 4.42 Å². The maximum atomic E-state index is 13.7. The van der Waals surface area contributed by atoms with E-state index < -0.39 is 6.10 Å². The molecule has 0 aliphatic carbocycles. The van der Waals surface area contributed by atoms with Crippen LogP contribution in [-0.2, 0) is 6.54 Å². The second kappa shape index (κ2) is 5.49. The SMILES string of the molecule is C[C@@H](O)c1ccn(Cc2ncc(-c3ccccc3F)o2)n1. The maximum Gasteiger partial charge on any atom is 0.216 e. The van der Waals surface area contributed by atoms with E-state index in [1.54, 1.807) is 42.1 Å². The number of aliphatic hydroxyl groups excluding tert-OH is 1. The van der Waals surface area contributed by atoms with Crippen LogP contribution in [-0.4, -0.2) is 19.9 Å². The molecule has 0 spiro atoms. The van der Waals surface area contributed by atoms with Crippen LogP contribution in [0.1, 0.15) is 24.6 Å². The molecular weight excluding hydrogens is 273 g/mol. The average Bonchev–Trinajstić information content (AvgIpc) is 3.09. The molecule has 0 saturated carbocycles. The molecule has 0 fully saturated rings. The van der Waals surface area contributed by atoms with E-state index in [1.165, 1.54) is 12.3 Å². The lowest BCUT2D eigenvalue weighted by molar-refractivity contribution is 0.193. The van der Waals surface area contributed by atoms with Crippen LogP contribution in [0.2, 0.25) is 0 Å². The highest BCUT2D eigenvalue weighted by Gasteiger charge is 2.11. The summed E-state index contributed by atoms with van der Waals surface area (Å²) in [6.45, 7) is 1.97. The van der Waals surface area contributed by atoms with E-state index in [1.807, 2.05) is 0 Å². The second-order valence-electron chi connectivity index (χ2n) is 4.71. The van der Waals surface area contributed by atoms with Crippen molar-refractivity contribution in [2.24, 2.45) is 0 Å². The molecule has 2 aromatic heterocycles. The molecule has 0 unspecified atom stereocenters. The van der Waals surface area contributed by atoms with Crippen LogP contribution in [0.5, 0.6) is 0 Å². The number of benzene rings is 1. The molecule has 3 rings (SSSR count). The Labute approximate surface area is 120 Å². The molecule has 2 heterocycles. The van der Waals surface area contributed by atoms with Gasteiger partial charge < -0.3 is 9.52 Å². The van der Waals surface area contributed by atoms with E-state index in [0.29, 0.717) is 29.5 Å². The van der Waals surface area contributed by atoms with Gasteiger partial charge in [0.2, 0.25) is 5.89 Å². The fourth-order valence-corrected chi connectivity index (χ4v) is 2.00. The topological polar surface area (TPSA) is 64.1 Å².